The SMILES string of the molecule is COc1ccc(Oc2ccc(N3C(=S)NC(c4ccccn4)C3c3ccc(-c4ccc(Cl)cc4Cl)o3)cc2)cc1. The van der Waals surface area contributed by atoms with Crippen molar-refractivity contribution in [3.8, 4) is 28.6 Å². The maximum atomic E-state index is 6.48. The van der Waals surface area contributed by atoms with E-state index in [-0.39, 0.29) is 12.1 Å². The van der Waals surface area contributed by atoms with E-state index in [1.54, 1.807) is 25.4 Å². The molecule has 6 nitrogen and oxygen atoms in total. The smallest absolute Gasteiger partial charge is 0.174 e. The molecule has 1 N–H and O–H groups in total. The number of hydrogen-bond acceptors (Lipinski definition) is 5. The summed E-state index contributed by atoms with van der Waals surface area (Å²) in [5.41, 5.74) is 2.48. The van der Waals surface area contributed by atoms with Gasteiger partial charge in [0.1, 0.15) is 34.8 Å². The molecule has 2 aromatic heterocycles. The van der Waals surface area contributed by atoms with Gasteiger partial charge in [-0.1, -0.05) is 29.3 Å². The van der Waals surface area contributed by atoms with Crippen LogP contribution in [0.25, 0.3) is 11.3 Å². The molecule has 1 aliphatic rings. The van der Waals surface area contributed by atoms with E-state index < -0.39 is 0 Å². The lowest BCUT2D eigenvalue weighted by Crippen LogP contribution is -2.29. The minimum Gasteiger partial charge on any atom is -0.497 e. The zero-order valence-corrected chi connectivity index (χ0v) is 23.6. The minimum absolute atomic E-state index is 0.247. The highest BCUT2D eigenvalue weighted by atomic mass is 35.5. The number of hydrogen-bond donors (Lipinski definition) is 1. The maximum Gasteiger partial charge on any atom is 0.174 e. The van der Waals surface area contributed by atoms with Crippen molar-refractivity contribution in [1.82, 2.24) is 10.3 Å². The molecule has 3 heterocycles. The summed E-state index contributed by atoms with van der Waals surface area (Å²) in [6, 6.07) is 29.7. The van der Waals surface area contributed by atoms with Crippen LogP contribution in [0.4, 0.5) is 5.69 Å². The quantitative estimate of drug-likeness (QED) is 0.191. The fourth-order valence-electron chi connectivity index (χ4n) is 4.72. The molecule has 1 saturated heterocycles. The van der Waals surface area contributed by atoms with Crippen molar-refractivity contribution in [1.29, 1.82) is 0 Å². The molecular formula is C31H23Cl2N3O3S. The molecule has 200 valence electrons. The summed E-state index contributed by atoms with van der Waals surface area (Å²) >= 11 is 18.4. The van der Waals surface area contributed by atoms with Crippen LogP contribution >= 0.6 is 35.4 Å². The van der Waals surface area contributed by atoms with Gasteiger partial charge < -0.3 is 24.1 Å². The fourth-order valence-corrected chi connectivity index (χ4v) is 5.57. The number of methoxy groups -OCH3 is 1. The molecule has 40 heavy (non-hydrogen) atoms. The van der Waals surface area contributed by atoms with Gasteiger partial charge in [-0.15, -0.1) is 0 Å². The van der Waals surface area contributed by atoms with Gasteiger partial charge in [-0.2, -0.15) is 0 Å². The van der Waals surface area contributed by atoms with Gasteiger partial charge in [-0.3, -0.25) is 4.98 Å². The molecular weight excluding hydrogens is 565 g/mol. The van der Waals surface area contributed by atoms with Crippen LogP contribution in [-0.2, 0) is 0 Å². The average molecular weight is 589 g/mol. The number of benzene rings is 3. The molecule has 6 rings (SSSR count). The Labute approximate surface area is 247 Å². The van der Waals surface area contributed by atoms with Gasteiger partial charge in [0.05, 0.1) is 23.9 Å². The third kappa shape index (κ3) is 5.23. The van der Waals surface area contributed by atoms with Crippen LogP contribution in [0.15, 0.2) is 108 Å². The molecule has 0 bridgehead atoms. The number of thiocarbonyl (C=S) groups is 1. The van der Waals surface area contributed by atoms with E-state index in [1.807, 2.05) is 89.8 Å². The number of furan rings is 1. The molecule has 0 spiro atoms. The highest BCUT2D eigenvalue weighted by Crippen LogP contribution is 2.44. The Hall–Kier alpha value is -4.04. The second kappa shape index (κ2) is 11.2. The maximum absolute atomic E-state index is 6.48. The van der Waals surface area contributed by atoms with Crippen molar-refractivity contribution in [2.75, 3.05) is 12.0 Å². The fraction of sp³-hybridized carbons (Fsp3) is 0.0968. The lowest BCUT2D eigenvalue weighted by Gasteiger charge is -2.26. The molecule has 0 aliphatic carbocycles. The number of nitrogens with zero attached hydrogens (tertiary/aromatic N) is 2. The largest absolute Gasteiger partial charge is 0.497 e. The normalized spacial score (nSPS) is 16.6. The Morgan fingerprint density at radius 3 is 2.27 bits per heavy atom. The Morgan fingerprint density at radius 1 is 0.875 bits per heavy atom. The van der Waals surface area contributed by atoms with Crippen LogP contribution in [0, 0.1) is 0 Å². The Balaban J connectivity index is 1.33. The van der Waals surface area contributed by atoms with Gasteiger partial charge >= 0.3 is 0 Å². The van der Waals surface area contributed by atoms with Crippen molar-refractivity contribution in [3.05, 3.63) is 125 Å². The van der Waals surface area contributed by atoms with Gasteiger partial charge in [-0.25, -0.2) is 0 Å². The molecule has 2 atom stereocenters. The number of ether oxygens (including phenoxy) is 2. The van der Waals surface area contributed by atoms with E-state index in [0.717, 1.165) is 22.7 Å². The van der Waals surface area contributed by atoms with E-state index >= 15 is 0 Å². The molecule has 5 aromatic rings. The lowest BCUT2D eigenvalue weighted by atomic mass is 10.0. The third-order valence-corrected chi connectivity index (χ3v) is 7.49. The van der Waals surface area contributed by atoms with E-state index in [2.05, 4.69) is 10.3 Å². The summed E-state index contributed by atoms with van der Waals surface area (Å²) in [5.74, 6) is 3.53. The Morgan fingerprint density at radius 2 is 1.60 bits per heavy atom. The van der Waals surface area contributed by atoms with Gasteiger partial charge in [0, 0.05) is 22.5 Å². The number of aromatic nitrogens is 1. The average Bonchev–Trinajstić information content (AvgIpc) is 3.59. The first-order valence-electron chi connectivity index (χ1n) is 12.5. The van der Waals surface area contributed by atoms with Crippen LogP contribution in [0.1, 0.15) is 23.5 Å². The predicted octanol–water partition coefficient (Wildman–Crippen LogP) is 8.63. The summed E-state index contributed by atoms with van der Waals surface area (Å²) in [5, 5.41) is 5.09. The van der Waals surface area contributed by atoms with Crippen LogP contribution in [0.2, 0.25) is 10.0 Å². The van der Waals surface area contributed by atoms with Crippen LogP contribution in [0.3, 0.4) is 0 Å². The van der Waals surface area contributed by atoms with Crippen LogP contribution in [-0.4, -0.2) is 17.2 Å². The highest BCUT2D eigenvalue weighted by molar-refractivity contribution is 7.80. The van der Waals surface area contributed by atoms with Crippen molar-refractivity contribution in [2.45, 2.75) is 12.1 Å². The van der Waals surface area contributed by atoms with Crippen LogP contribution < -0.4 is 19.7 Å². The van der Waals surface area contributed by atoms with E-state index in [9.17, 15) is 0 Å². The molecule has 1 fully saturated rings. The van der Waals surface area contributed by atoms with Gasteiger partial charge in [0.25, 0.3) is 0 Å². The number of anilines is 1. The number of pyridine rings is 1. The first kappa shape index (κ1) is 26.2. The van der Waals surface area contributed by atoms with Gasteiger partial charge in [0.15, 0.2) is 5.11 Å². The molecule has 1 aliphatic heterocycles. The second-order valence-corrected chi connectivity index (χ2v) is 10.3. The Kier molecular flexibility index (Phi) is 7.34. The number of rotatable bonds is 7. The standard InChI is InChI=1S/C31H23Cl2N3O3S/c1-37-21-10-12-23(13-11-21)38-22-8-6-20(7-9-22)36-30(29(35-31(36)40)26-4-2-3-17-34-26)28-16-15-27(39-28)24-14-5-19(32)18-25(24)33/h2-18,29-30H,1H3,(H,35,40). The van der Waals surface area contributed by atoms with Gasteiger partial charge in [0.2, 0.25) is 0 Å². The molecule has 0 saturated carbocycles. The molecule has 2 unspecified atom stereocenters. The van der Waals surface area contributed by atoms with Crippen LogP contribution in [0.5, 0.6) is 17.2 Å². The van der Waals surface area contributed by atoms with Crippen molar-refractivity contribution in [3.63, 3.8) is 0 Å². The van der Waals surface area contributed by atoms with E-state index in [1.165, 1.54) is 0 Å². The Bertz CT molecular complexity index is 1640. The minimum atomic E-state index is -0.310. The van der Waals surface area contributed by atoms with Crippen molar-refractivity contribution in [2.24, 2.45) is 0 Å². The summed E-state index contributed by atoms with van der Waals surface area (Å²) in [6.07, 6.45) is 1.77. The number of nitrogens with one attached hydrogen (secondary N) is 1. The first-order chi connectivity index (χ1) is 19.5. The molecule has 9 heteroatoms. The topological polar surface area (TPSA) is 59.8 Å². The van der Waals surface area contributed by atoms with Crippen molar-refractivity contribution >= 4 is 46.2 Å². The number of halogens is 2. The summed E-state index contributed by atoms with van der Waals surface area (Å²) < 4.78 is 17.7. The predicted molar refractivity (Wildman–Crippen MR) is 162 cm³/mol. The third-order valence-electron chi connectivity index (χ3n) is 6.62. The van der Waals surface area contributed by atoms with Crippen molar-refractivity contribution < 1.29 is 13.9 Å². The summed E-state index contributed by atoms with van der Waals surface area (Å²) in [7, 11) is 1.63. The monoisotopic (exact) mass is 587 g/mol. The van der Waals surface area contributed by atoms with Gasteiger partial charge in [-0.05, 0) is 103 Å². The zero-order valence-electron chi connectivity index (χ0n) is 21.3. The second-order valence-electron chi connectivity index (χ2n) is 9.09. The highest BCUT2D eigenvalue weighted by Gasteiger charge is 2.42. The molecule has 0 radical (unpaired) electrons. The molecule has 3 aromatic carbocycles. The van der Waals surface area contributed by atoms with E-state index in [0.29, 0.717) is 38.2 Å². The summed E-state index contributed by atoms with van der Waals surface area (Å²) in [4.78, 5) is 6.65. The summed E-state index contributed by atoms with van der Waals surface area (Å²) in [6.45, 7) is 0. The zero-order chi connectivity index (χ0) is 27.6. The lowest BCUT2D eigenvalue weighted by molar-refractivity contribution is 0.413. The van der Waals surface area contributed by atoms with E-state index in [4.69, 9.17) is 49.3 Å². The molecule has 0 amide bonds. The first-order valence-corrected chi connectivity index (χ1v) is 13.6.